The molecule has 0 aliphatic carbocycles. The van der Waals surface area contributed by atoms with E-state index >= 15 is 0 Å². The molecule has 2 atom stereocenters. The molecule has 0 N–H and O–H groups in total. The second-order valence-corrected chi connectivity index (χ2v) is 5.82. The van der Waals surface area contributed by atoms with Crippen LogP contribution in [0, 0.1) is 13.8 Å². The summed E-state index contributed by atoms with van der Waals surface area (Å²) in [6.07, 6.45) is 4.01. The topological polar surface area (TPSA) is 32.5 Å². The smallest absolute Gasteiger partial charge is 0.208 e. The van der Waals surface area contributed by atoms with Gasteiger partial charge in [-0.25, -0.2) is 4.98 Å². The summed E-state index contributed by atoms with van der Waals surface area (Å²) >= 11 is 0. The van der Waals surface area contributed by atoms with Crippen molar-refractivity contribution in [1.29, 1.82) is 0 Å². The second-order valence-electron chi connectivity index (χ2n) is 5.82. The van der Waals surface area contributed by atoms with Crippen molar-refractivity contribution in [3.63, 3.8) is 0 Å². The van der Waals surface area contributed by atoms with Crippen LogP contribution >= 0.6 is 0 Å². The Hall–Kier alpha value is -0.870. The van der Waals surface area contributed by atoms with E-state index < -0.39 is 0 Å². The quantitative estimate of drug-likeness (QED) is 0.802. The first kappa shape index (κ1) is 12.2. The van der Waals surface area contributed by atoms with Gasteiger partial charge in [0.05, 0.1) is 12.2 Å². The lowest BCUT2D eigenvalue weighted by Crippen LogP contribution is -2.36. The molecule has 1 aromatic heterocycles. The van der Waals surface area contributed by atoms with Gasteiger partial charge in [-0.1, -0.05) is 0 Å². The van der Waals surface area contributed by atoms with Gasteiger partial charge in [-0.3, -0.25) is 9.80 Å². The van der Waals surface area contributed by atoms with Crippen LogP contribution in [0.5, 0.6) is 0 Å². The summed E-state index contributed by atoms with van der Waals surface area (Å²) in [5.74, 6) is 1.84. The van der Waals surface area contributed by atoms with E-state index in [2.05, 4.69) is 21.8 Å². The van der Waals surface area contributed by atoms with Crippen molar-refractivity contribution in [3.8, 4) is 0 Å². The monoisotopic (exact) mass is 249 g/mol. The minimum atomic E-state index is 0.731. The van der Waals surface area contributed by atoms with Gasteiger partial charge in [-0.15, -0.1) is 0 Å². The fourth-order valence-electron chi connectivity index (χ4n) is 3.32. The molecular formula is C14H23N3O. The molecule has 2 saturated heterocycles. The maximum Gasteiger partial charge on any atom is 0.208 e. The number of nitrogens with zero attached hydrogens (tertiary/aromatic N) is 3. The van der Waals surface area contributed by atoms with Gasteiger partial charge in [0.15, 0.2) is 0 Å². The van der Waals surface area contributed by atoms with Crippen molar-refractivity contribution in [2.75, 3.05) is 20.1 Å². The zero-order valence-electron chi connectivity index (χ0n) is 11.6. The number of rotatable bonds is 2. The average Bonchev–Trinajstić information content (AvgIpc) is 2.74. The van der Waals surface area contributed by atoms with Gasteiger partial charge in [0.1, 0.15) is 5.76 Å². The van der Waals surface area contributed by atoms with E-state index in [1.807, 2.05) is 13.8 Å². The molecule has 0 radical (unpaired) electrons. The normalized spacial score (nSPS) is 29.7. The van der Waals surface area contributed by atoms with Gasteiger partial charge in [0.25, 0.3) is 0 Å². The molecular weight excluding hydrogens is 226 g/mol. The molecule has 3 heterocycles. The summed E-state index contributed by atoms with van der Waals surface area (Å²) < 4.78 is 5.70. The Morgan fingerprint density at radius 3 is 2.72 bits per heavy atom. The molecule has 1 aromatic rings. The number of hydrogen-bond donors (Lipinski definition) is 0. The standard InChI is InChI=1S/C14H23N3O/c1-10-11(2)18-14(15-10)9-17-7-6-12-4-5-13(8-17)16(12)3/h12-13H,4-9H2,1-3H3. The summed E-state index contributed by atoms with van der Waals surface area (Å²) in [4.78, 5) is 9.57. The van der Waals surface area contributed by atoms with Crippen LogP contribution in [0.4, 0.5) is 0 Å². The molecule has 2 bridgehead atoms. The van der Waals surface area contributed by atoms with E-state index in [4.69, 9.17) is 4.42 Å². The van der Waals surface area contributed by atoms with E-state index in [1.54, 1.807) is 0 Å². The fraction of sp³-hybridized carbons (Fsp3) is 0.786. The highest BCUT2D eigenvalue weighted by atomic mass is 16.4. The van der Waals surface area contributed by atoms with Gasteiger partial charge in [-0.05, 0) is 40.2 Å². The summed E-state index contributed by atoms with van der Waals surface area (Å²) in [7, 11) is 2.28. The molecule has 4 heteroatoms. The second kappa shape index (κ2) is 4.67. The Morgan fingerprint density at radius 2 is 2.00 bits per heavy atom. The van der Waals surface area contributed by atoms with E-state index in [0.717, 1.165) is 42.5 Å². The Kier molecular flexibility index (Phi) is 3.16. The number of aryl methyl sites for hydroxylation is 2. The van der Waals surface area contributed by atoms with Gasteiger partial charge in [0.2, 0.25) is 5.89 Å². The van der Waals surface area contributed by atoms with E-state index in [-0.39, 0.29) is 0 Å². The van der Waals surface area contributed by atoms with Crippen molar-refractivity contribution >= 4 is 0 Å². The SMILES string of the molecule is Cc1nc(CN2CCC3CCC(C2)N3C)oc1C. The molecule has 100 valence electrons. The Bertz CT molecular complexity index is 409. The van der Waals surface area contributed by atoms with Crippen LogP contribution < -0.4 is 0 Å². The van der Waals surface area contributed by atoms with Crippen LogP contribution in [0.25, 0.3) is 0 Å². The van der Waals surface area contributed by atoms with Crippen molar-refractivity contribution in [1.82, 2.24) is 14.8 Å². The molecule has 18 heavy (non-hydrogen) atoms. The number of likely N-dealkylation sites (N-methyl/N-ethyl adjacent to an activating group) is 1. The van der Waals surface area contributed by atoms with E-state index in [9.17, 15) is 0 Å². The highest BCUT2D eigenvalue weighted by Gasteiger charge is 2.34. The molecule has 0 saturated carbocycles. The van der Waals surface area contributed by atoms with Gasteiger partial charge < -0.3 is 4.42 Å². The highest BCUT2D eigenvalue weighted by Crippen LogP contribution is 2.29. The first-order valence-electron chi connectivity index (χ1n) is 7.00. The third-order valence-corrected chi connectivity index (χ3v) is 4.66. The van der Waals surface area contributed by atoms with Gasteiger partial charge in [-0.2, -0.15) is 0 Å². The lowest BCUT2D eigenvalue weighted by Gasteiger charge is -2.24. The maximum atomic E-state index is 5.70. The number of hydrogen-bond acceptors (Lipinski definition) is 4. The van der Waals surface area contributed by atoms with Crippen LogP contribution in [0.2, 0.25) is 0 Å². The molecule has 2 fully saturated rings. The number of aromatic nitrogens is 1. The van der Waals surface area contributed by atoms with E-state index in [0.29, 0.717) is 0 Å². The number of likely N-dealkylation sites (tertiary alicyclic amines) is 1. The minimum absolute atomic E-state index is 0.731. The summed E-state index contributed by atoms with van der Waals surface area (Å²) in [6.45, 7) is 7.20. The zero-order chi connectivity index (χ0) is 12.7. The molecule has 0 spiro atoms. The third kappa shape index (κ3) is 2.19. The highest BCUT2D eigenvalue weighted by molar-refractivity contribution is 5.05. The molecule has 3 rings (SSSR count). The first-order chi connectivity index (χ1) is 8.63. The van der Waals surface area contributed by atoms with Crippen molar-refractivity contribution in [2.45, 2.75) is 51.7 Å². The molecule has 2 aliphatic heterocycles. The molecule has 2 aliphatic rings. The lowest BCUT2D eigenvalue weighted by molar-refractivity contribution is 0.201. The van der Waals surface area contributed by atoms with Gasteiger partial charge in [0, 0.05) is 25.2 Å². The average molecular weight is 249 g/mol. The van der Waals surface area contributed by atoms with Crippen LogP contribution in [0.1, 0.15) is 36.6 Å². The number of fused-ring (bicyclic) bond motifs is 2. The minimum Gasteiger partial charge on any atom is -0.444 e. The summed E-state index contributed by atoms with van der Waals surface area (Å²) in [5.41, 5.74) is 1.03. The fourth-order valence-corrected chi connectivity index (χ4v) is 3.32. The lowest BCUT2D eigenvalue weighted by atomic mass is 10.1. The number of oxazole rings is 1. The Labute approximate surface area is 109 Å². The van der Waals surface area contributed by atoms with Crippen LogP contribution in [-0.2, 0) is 6.54 Å². The predicted molar refractivity (Wildman–Crippen MR) is 70.4 cm³/mol. The van der Waals surface area contributed by atoms with E-state index in [1.165, 1.54) is 25.8 Å². The largest absolute Gasteiger partial charge is 0.444 e. The van der Waals surface area contributed by atoms with Crippen LogP contribution in [-0.4, -0.2) is 47.0 Å². The van der Waals surface area contributed by atoms with Gasteiger partial charge >= 0.3 is 0 Å². The Balaban J connectivity index is 1.67. The van der Waals surface area contributed by atoms with Crippen molar-refractivity contribution < 1.29 is 4.42 Å². The molecule has 4 nitrogen and oxygen atoms in total. The summed E-state index contributed by atoms with van der Waals surface area (Å²) in [5, 5.41) is 0. The van der Waals surface area contributed by atoms with Crippen LogP contribution in [0.3, 0.4) is 0 Å². The van der Waals surface area contributed by atoms with Crippen molar-refractivity contribution in [3.05, 3.63) is 17.3 Å². The molecule has 0 aromatic carbocycles. The maximum absolute atomic E-state index is 5.70. The molecule has 2 unspecified atom stereocenters. The molecule has 0 amide bonds. The first-order valence-corrected chi connectivity index (χ1v) is 7.00. The van der Waals surface area contributed by atoms with Crippen molar-refractivity contribution in [2.24, 2.45) is 0 Å². The van der Waals surface area contributed by atoms with Crippen LogP contribution in [0.15, 0.2) is 4.42 Å². The predicted octanol–water partition coefficient (Wildman–Crippen LogP) is 1.96. The zero-order valence-corrected chi connectivity index (χ0v) is 11.6. The third-order valence-electron chi connectivity index (χ3n) is 4.66. The summed E-state index contributed by atoms with van der Waals surface area (Å²) in [6, 6.07) is 1.53. The Morgan fingerprint density at radius 1 is 1.22 bits per heavy atom.